The Morgan fingerprint density at radius 1 is 0.938 bits per heavy atom. The van der Waals surface area contributed by atoms with Gasteiger partial charge >= 0.3 is 0 Å². The molecule has 0 radical (unpaired) electrons. The summed E-state index contributed by atoms with van der Waals surface area (Å²) in [5.41, 5.74) is 7.61. The Bertz CT molecular complexity index is 1430. The van der Waals surface area contributed by atoms with Crippen molar-refractivity contribution in [1.82, 2.24) is 0 Å². The molecule has 0 N–H and O–H groups in total. The van der Waals surface area contributed by atoms with E-state index in [0.29, 0.717) is 0 Å². The molecule has 0 amide bonds. The van der Waals surface area contributed by atoms with Gasteiger partial charge in [-0.2, -0.15) is 0 Å². The lowest BCUT2D eigenvalue weighted by Crippen LogP contribution is -2.19. The highest BCUT2D eigenvalue weighted by Crippen LogP contribution is 2.56. The van der Waals surface area contributed by atoms with Gasteiger partial charge in [-0.1, -0.05) is 74.5 Å². The Balaban J connectivity index is 1.59. The van der Waals surface area contributed by atoms with Crippen LogP contribution in [-0.2, 0) is 5.41 Å². The third-order valence-electron chi connectivity index (χ3n) is 6.89. The van der Waals surface area contributed by atoms with Gasteiger partial charge in [-0.05, 0) is 67.3 Å². The first-order valence-corrected chi connectivity index (χ1v) is 11.7. The molecule has 1 aliphatic heterocycles. The summed E-state index contributed by atoms with van der Waals surface area (Å²) >= 11 is 3.61. The van der Waals surface area contributed by atoms with Crippen LogP contribution in [0.1, 0.15) is 42.2 Å². The number of hydrogen-bond acceptors (Lipinski definition) is 2. The number of methoxy groups -OCH3 is 1. The van der Waals surface area contributed by atoms with Crippen LogP contribution in [0.4, 0.5) is 0 Å². The molecule has 6 rings (SSSR count). The zero-order valence-corrected chi connectivity index (χ0v) is 19.9. The van der Waals surface area contributed by atoms with Crippen LogP contribution in [0.25, 0.3) is 28.0 Å². The first-order valence-electron chi connectivity index (χ1n) is 10.9. The van der Waals surface area contributed by atoms with E-state index >= 15 is 0 Å². The SMILES string of the molecule is COc1ccc(C2C=Cc3c4c(c5ccccc5c3O2)-c2ccccc2C4(C)C)cc1Br. The normalized spacial score (nSPS) is 17.4. The maximum atomic E-state index is 6.73. The maximum absolute atomic E-state index is 6.73. The van der Waals surface area contributed by atoms with Gasteiger partial charge in [0.15, 0.2) is 0 Å². The fourth-order valence-electron chi connectivity index (χ4n) is 5.41. The Morgan fingerprint density at radius 2 is 1.69 bits per heavy atom. The Kier molecular flexibility index (Phi) is 4.28. The third-order valence-corrected chi connectivity index (χ3v) is 7.51. The Morgan fingerprint density at radius 3 is 2.47 bits per heavy atom. The molecule has 0 fully saturated rings. The van der Waals surface area contributed by atoms with Crippen LogP contribution in [0.15, 0.2) is 77.3 Å². The molecule has 1 aliphatic carbocycles. The molecular formula is C29H23BrO2. The maximum Gasteiger partial charge on any atom is 0.142 e. The first-order chi connectivity index (χ1) is 15.5. The molecule has 158 valence electrons. The van der Waals surface area contributed by atoms with Crippen molar-refractivity contribution in [2.75, 3.05) is 7.11 Å². The van der Waals surface area contributed by atoms with E-state index in [2.05, 4.69) is 103 Å². The molecule has 1 heterocycles. The molecule has 4 aromatic rings. The van der Waals surface area contributed by atoms with Crippen LogP contribution < -0.4 is 9.47 Å². The molecule has 0 saturated heterocycles. The summed E-state index contributed by atoms with van der Waals surface area (Å²) in [4.78, 5) is 0. The fourth-order valence-corrected chi connectivity index (χ4v) is 5.97. The molecule has 32 heavy (non-hydrogen) atoms. The summed E-state index contributed by atoms with van der Waals surface area (Å²) in [5, 5.41) is 2.42. The van der Waals surface area contributed by atoms with E-state index in [9.17, 15) is 0 Å². The Labute approximate surface area is 196 Å². The van der Waals surface area contributed by atoms with Crippen molar-refractivity contribution in [3.05, 3.63) is 99.5 Å². The van der Waals surface area contributed by atoms with Gasteiger partial charge in [-0.25, -0.2) is 0 Å². The van der Waals surface area contributed by atoms with Crippen LogP contribution in [-0.4, -0.2) is 7.11 Å². The summed E-state index contributed by atoms with van der Waals surface area (Å²) in [6.07, 6.45) is 4.28. The van der Waals surface area contributed by atoms with Crippen LogP contribution in [0.3, 0.4) is 0 Å². The van der Waals surface area contributed by atoms with Crippen molar-refractivity contribution in [3.8, 4) is 22.6 Å². The topological polar surface area (TPSA) is 18.5 Å². The van der Waals surface area contributed by atoms with Crippen molar-refractivity contribution in [3.63, 3.8) is 0 Å². The molecule has 0 saturated carbocycles. The molecular weight excluding hydrogens is 460 g/mol. The van der Waals surface area contributed by atoms with Gasteiger partial charge < -0.3 is 9.47 Å². The zero-order valence-electron chi connectivity index (χ0n) is 18.3. The lowest BCUT2D eigenvalue weighted by molar-refractivity contribution is 0.254. The van der Waals surface area contributed by atoms with Crippen molar-refractivity contribution in [1.29, 1.82) is 0 Å². The average Bonchev–Trinajstić information content (AvgIpc) is 3.06. The summed E-state index contributed by atoms with van der Waals surface area (Å²) < 4.78 is 13.1. The van der Waals surface area contributed by atoms with Gasteiger partial charge in [0.25, 0.3) is 0 Å². The predicted octanol–water partition coefficient (Wildman–Crippen LogP) is 8.06. The van der Waals surface area contributed by atoms with Gasteiger partial charge in [0.1, 0.15) is 17.6 Å². The monoisotopic (exact) mass is 482 g/mol. The van der Waals surface area contributed by atoms with E-state index < -0.39 is 0 Å². The summed E-state index contributed by atoms with van der Waals surface area (Å²) in [6, 6.07) is 23.6. The van der Waals surface area contributed by atoms with Crippen LogP contribution in [0, 0.1) is 0 Å². The molecule has 3 heteroatoms. The second-order valence-corrected chi connectivity index (χ2v) is 9.85. The fraction of sp³-hybridized carbons (Fsp3) is 0.172. The molecule has 1 unspecified atom stereocenters. The molecule has 2 nitrogen and oxygen atoms in total. The zero-order chi connectivity index (χ0) is 22.0. The standard InChI is InChI=1S/C29H23BrO2/c1-29(2)22-11-7-6-10-20(22)26-18-8-4-5-9-19(18)28-21(27(26)29)13-15-24(32-28)17-12-14-25(31-3)23(30)16-17/h4-16,24H,1-3H3. The molecule has 1 atom stereocenters. The van der Waals surface area contributed by atoms with E-state index in [0.717, 1.165) is 26.9 Å². The van der Waals surface area contributed by atoms with Gasteiger partial charge in [-0.3, -0.25) is 0 Å². The van der Waals surface area contributed by atoms with Crippen molar-refractivity contribution in [2.24, 2.45) is 0 Å². The van der Waals surface area contributed by atoms with E-state index in [1.807, 2.05) is 6.07 Å². The van der Waals surface area contributed by atoms with Gasteiger partial charge in [0.05, 0.1) is 11.6 Å². The molecule has 0 aromatic heterocycles. The van der Waals surface area contributed by atoms with Crippen molar-refractivity contribution in [2.45, 2.75) is 25.4 Å². The first kappa shape index (κ1) is 19.6. The van der Waals surface area contributed by atoms with E-state index in [-0.39, 0.29) is 11.5 Å². The lowest BCUT2D eigenvalue weighted by atomic mass is 9.78. The molecule has 0 spiro atoms. The minimum Gasteiger partial charge on any atom is -0.496 e. The number of fused-ring (bicyclic) bond motifs is 8. The largest absolute Gasteiger partial charge is 0.496 e. The quantitative estimate of drug-likeness (QED) is 0.287. The number of ether oxygens (including phenoxy) is 2. The Hall–Kier alpha value is -3.04. The van der Waals surface area contributed by atoms with Crippen molar-refractivity contribution >= 4 is 32.8 Å². The molecule has 4 aromatic carbocycles. The van der Waals surface area contributed by atoms with E-state index in [1.54, 1.807) is 7.11 Å². The lowest BCUT2D eigenvalue weighted by Gasteiger charge is -2.30. The third kappa shape index (κ3) is 2.64. The highest BCUT2D eigenvalue weighted by Gasteiger charge is 2.40. The highest BCUT2D eigenvalue weighted by atomic mass is 79.9. The van der Waals surface area contributed by atoms with Crippen molar-refractivity contribution < 1.29 is 9.47 Å². The second-order valence-electron chi connectivity index (χ2n) is 9.00. The van der Waals surface area contributed by atoms with Crippen LogP contribution in [0.5, 0.6) is 11.5 Å². The van der Waals surface area contributed by atoms with Gasteiger partial charge in [0, 0.05) is 16.4 Å². The summed E-state index contributed by atoms with van der Waals surface area (Å²) in [7, 11) is 1.68. The van der Waals surface area contributed by atoms with E-state index in [1.165, 1.54) is 33.2 Å². The van der Waals surface area contributed by atoms with Gasteiger partial charge in [-0.15, -0.1) is 0 Å². The number of halogens is 1. The summed E-state index contributed by atoms with van der Waals surface area (Å²) in [5.74, 6) is 1.79. The number of rotatable bonds is 2. The average molecular weight is 483 g/mol. The number of hydrogen-bond donors (Lipinski definition) is 0. The summed E-state index contributed by atoms with van der Waals surface area (Å²) in [6.45, 7) is 4.65. The minimum atomic E-state index is -0.155. The van der Waals surface area contributed by atoms with Crippen LogP contribution >= 0.6 is 15.9 Å². The van der Waals surface area contributed by atoms with Gasteiger partial charge in [0.2, 0.25) is 0 Å². The number of benzene rings is 4. The molecule has 0 bridgehead atoms. The van der Waals surface area contributed by atoms with E-state index in [4.69, 9.17) is 9.47 Å². The molecule has 2 aliphatic rings. The highest BCUT2D eigenvalue weighted by molar-refractivity contribution is 9.10. The smallest absolute Gasteiger partial charge is 0.142 e. The van der Waals surface area contributed by atoms with Crippen LogP contribution in [0.2, 0.25) is 0 Å². The predicted molar refractivity (Wildman–Crippen MR) is 135 cm³/mol. The minimum absolute atomic E-state index is 0.0935. The second kappa shape index (κ2) is 6.98.